The van der Waals surface area contributed by atoms with Crippen LogP contribution in [-0.2, 0) is 0 Å². The molecule has 128 valence electrons. The van der Waals surface area contributed by atoms with Crippen molar-refractivity contribution in [2.75, 3.05) is 18.8 Å². The molecule has 1 aliphatic heterocycles. The van der Waals surface area contributed by atoms with Crippen molar-refractivity contribution in [1.82, 2.24) is 4.90 Å². The Balaban J connectivity index is 1.74. The van der Waals surface area contributed by atoms with E-state index >= 15 is 0 Å². The minimum absolute atomic E-state index is 0.0645. The van der Waals surface area contributed by atoms with Gasteiger partial charge in [0.2, 0.25) is 0 Å². The number of benzene rings is 1. The van der Waals surface area contributed by atoms with Crippen molar-refractivity contribution in [2.24, 2.45) is 0 Å². The lowest BCUT2D eigenvalue weighted by molar-refractivity contribution is 0.0765. The molecule has 24 heavy (non-hydrogen) atoms. The van der Waals surface area contributed by atoms with Crippen LogP contribution in [0.5, 0.6) is 0 Å². The van der Waals surface area contributed by atoms with E-state index in [1.165, 1.54) is 6.07 Å². The second-order valence-corrected chi connectivity index (χ2v) is 7.24. The molecule has 6 heteroatoms. The van der Waals surface area contributed by atoms with Gasteiger partial charge in [-0.25, -0.2) is 8.78 Å². The first kappa shape index (κ1) is 17.0. The third-order valence-electron chi connectivity index (χ3n) is 4.20. The van der Waals surface area contributed by atoms with Gasteiger partial charge in [0.15, 0.2) is 0 Å². The van der Waals surface area contributed by atoms with E-state index in [9.17, 15) is 13.6 Å². The number of aryl methyl sites for hydroxylation is 2. The van der Waals surface area contributed by atoms with Gasteiger partial charge >= 0.3 is 0 Å². The summed E-state index contributed by atoms with van der Waals surface area (Å²) in [5.74, 6) is 1.11. The molecule has 1 aliphatic rings. The van der Waals surface area contributed by atoms with Gasteiger partial charge in [-0.05, 0) is 44.5 Å². The summed E-state index contributed by atoms with van der Waals surface area (Å²) in [5, 5.41) is -0.148. The van der Waals surface area contributed by atoms with E-state index in [1.807, 2.05) is 6.92 Å². The van der Waals surface area contributed by atoms with Crippen molar-refractivity contribution >= 4 is 17.7 Å². The molecule has 0 bridgehead atoms. The van der Waals surface area contributed by atoms with Crippen LogP contribution in [0, 0.1) is 25.5 Å². The average molecular weight is 351 g/mol. The van der Waals surface area contributed by atoms with Gasteiger partial charge in [0.1, 0.15) is 23.2 Å². The Bertz CT molecular complexity index is 759. The Morgan fingerprint density at radius 3 is 2.75 bits per heavy atom. The van der Waals surface area contributed by atoms with E-state index in [1.54, 1.807) is 29.7 Å². The van der Waals surface area contributed by atoms with Crippen LogP contribution >= 0.6 is 11.8 Å². The monoisotopic (exact) mass is 351 g/mol. The number of thioether (sulfide) groups is 1. The maximum Gasteiger partial charge on any atom is 0.257 e. The second-order valence-electron chi connectivity index (χ2n) is 5.93. The largest absolute Gasteiger partial charge is 0.466 e. The Labute approximate surface area is 144 Å². The van der Waals surface area contributed by atoms with Crippen molar-refractivity contribution in [3.63, 3.8) is 0 Å². The maximum atomic E-state index is 14.0. The molecule has 0 aliphatic carbocycles. The zero-order chi connectivity index (χ0) is 17.3. The van der Waals surface area contributed by atoms with Gasteiger partial charge in [0.25, 0.3) is 5.91 Å². The normalized spacial score (nSPS) is 18.5. The lowest BCUT2D eigenvalue weighted by Crippen LogP contribution is -2.33. The van der Waals surface area contributed by atoms with Crippen LogP contribution in [0.25, 0.3) is 0 Å². The van der Waals surface area contributed by atoms with Gasteiger partial charge in [-0.2, -0.15) is 11.8 Å². The highest BCUT2D eigenvalue weighted by Gasteiger charge is 2.26. The summed E-state index contributed by atoms with van der Waals surface area (Å²) in [4.78, 5) is 14.4. The van der Waals surface area contributed by atoms with Gasteiger partial charge < -0.3 is 9.32 Å². The van der Waals surface area contributed by atoms with Crippen LogP contribution < -0.4 is 0 Å². The molecular formula is C18H19F2NO2S. The predicted octanol–water partition coefficient (Wildman–Crippen LogP) is 4.50. The maximum absolute atomic E-state index is 14.0. The van der Waals surface area contributed by atoms with Crippen molar-refractivity contribution < 1.29 is 18.0 Å². The van der Waals surface area contributed by atoms with E-state index in [0.29, 0.717) is 47.9 Å². The van der Waals surface area contributed by atoms with E-state index in [4.69, 9.17) is 4.42 Å². The molecule has 1 amide bonds. The topological polar surface area (TPSA) is 33.5 Å². The molecule has 2 aromatic rings. The summed E-state index contributed by atoms with van der Waals surface area (Å²) in [7, 11) is 0. The molecule has 0 N–H and O–H groups in total. The second kappa shape index (κ2) is 6.97. The quantitative estimate of drug-likeness (QED) is 0.799. The fourth-order valence-corrected chi connectivity index (χ4v) is 4.24. The molecule has 0 spiro atoms. The molecule has 1 atom stereocenters. The zero-order valence-corrected chi connectivity index (χ0v) is 14.5. The van der Waals surface area contributed by atoms with Crippen LogP contribution in [0.15, 0.2) is 28.7 Å². The molecule has 3 rings (SSSR count). The van der Waals surface area contributed by atoms with Crippen molar-refractivity contribution in [3.8, 4) is 0 Å². The smallest absolute Gasteiger partial charge is 0.257 e. The van der Waals surface area contributed by atoms with Gasteiger partial charge in [-0.1, -0.05) is 0 Å². The average Bonchev–Trinajstić information content (AvgIpc) is 2.75. The van der Waals surface area contributed by atoms with Crippen molar-refractivity contribution in [2.45, 2.75) is 25.5 Å². The number of carbonyl (C=O) groups excluding carboxylic acids is 1. The van der Waals surface area contributed by atoms with Gasteiger partial charge in [-0.3, -0.25) is 4.79 Å². The van der Waals surface area contributed by atoms with Crippen LogP contribution in [0.3, 0.4) is 0 Å². The summed E-state index contributed by atoms with van der Waals surface area (Å²) in [5.41, 5.74) is 0.956. The highest BCUT2D eigenvalue weighted by Crippen LogP contribution is 2.36. The molecule has 1 saturated heterocycles. The Hall–Kier alpha value is -1.82. The molecule has 1 fully saturated rings. The minimum atomic E-state index is -0.436. The molecule has 0 saturated carbocycles. The molecule has 1 unspecified atom stereocenters. The van der Waals surface area contributed by atoms with Crippen LogP contribution in [-0.4, -0.2) is 29.6 Å². The highest BCUT2D eigenvalue weighted by molar-refractivity contribution is 7.99. The number of hydrogen-bond donors (Lipinski definition) is 0. The SMILES string of the molecule is Cc1cc(C(=O)N2CCSC(c3cc(F)ccc3F)CC2)c(C)o1. The van der Waals surface area contributed by atoms with Gasteiger partial charge in [0.05, 0.1) is 5.56 Å². The number of nitrogens with zero attached hydrogens (tertiary/aromatic N) is 1. The third kappa shape index (κ3) is 3.48. The van der Waals surface area contributed by atoms with Crippen molar-refractivity contribution in [1.29, 1.82) is 0 Å². The minimum Gasteiger partial charge on any atom is -0.466 e. The number of halogens is 2. The van der Waals surface area contributed by atoms with E-state index < -0.39 is 11.6 Å². The van der Waals surface area contributed by atoms with E-state index in [0.717, 1.165) is 12.1 Å². The summed E-state index contributed by atoms with van der Waals surface area (Å²) >= 11 is 1.56. The fraction of sp³-hybridized carbons (Fsp3) is 0.389. The number of amides is 1. The van der Waals surface area contributed by atoms with Crippen LogP contribution in [0.2, 0.25) is 0 Å². The molecule has 2 heterocycles. The third-order valence-corrected chi connectivity index (χ3v) is 5.52. The summed E-state index contributed by atoms with van der Waals surface area (Å²) in [6.07, 6.45) is 0.590. The number of carbonyl (C=O) groups is 1. The molecule has 0 radical (unpaired) electrons. The first-order chi connectivity index (χ1) is 11.5. The lowest BCUT2D eigenvalue weighted by Gasteiger charge is -2.20. The van der Waals surface area contributed by atoms with Gasteiger partial charge in [-0.15, -0.1) is 0 Å². The summed E-state index contributed by atoms with van der Waals surface area (Å²) in [6, 6.07) is 5.30. The first-order valence-electron chi connectivity index (χ1n) is 7.88. The number of hydrogen-bond acceptors (Lipinski definition) is 3. The van der Waals surface area contributed by atoms with Gasteiger partial charge in [0, 0.05) is 29.7 Å². The Morgan fingerprint density at radius 2 is 2.04 bits per heavy atom. The molecule has 1 aromatic carbocycles. The van der Waals surface area contributed by atoms with Crippen LogP contribution in [0.1, 0.15) is 39.1 Å². The van der Waals surface area contributed by atoms with Crippen LogP contribution in [0.4, 0.5) is 8.78 Å². The summed E-state index contributed by atoms with van der Waals surface area (Å²) < 4.78 is 32.8. The first-order valence-corrected chi connectivity index (χ1v) is 8.93. The van der Waals surface area contributed by atoms with Crippen molar-refractivity contribution in [3.05, 3.63) is 58.5 Å². The Kier molecular flexibility index (Phi) is 4.94. The molecular weight excluding hydrogens is 332 g/mol. The predicted molar refractivity (Wildman–Crippen MR) is 90.3 cm³/mol. The Morgan fingerprint density at radius 1 is 1.25 bits per heavy atom. The number of furan rings is 1. The zero-order valence-electron chi connectivity index (χ0n) is 13.6. The number of rotatable bonds is 2. The highest BCUT2D eigenvalue weighted by atomic mass is 32.2. The molecule has 1 aromatic heterocycles. The summed E-state index contributed by atoms with van der Waals surface area (Å²) in [6.45, 7) is 4.68. The van der Waals surface area contributed by atoms with E-state index in [-0.39, 0.29) is 11.2 Å². The molecule has 3 nitrogen and oxygen atoms in total. The standard InChI is InChI=1S/C18H19F2NO2S/c1-11-9-14(12(2)23-11)18(22)21-6-5-17(24-8-7-21)15-10-13(19)3-4-16(15)20/h3-4,9-10,17H,5-8H2,1-2H3. The lowest BCUT2D eigenvalue weighted by atomic mass is 10.1. The van der Waals surface area contributed by atoms with E-state index in [2.05, 4.69) is 0 Å². The fourth-order valence-electron chi connectivity index (χ4n) is 3.00.